The van der Waals surface area contributed by atoms with Gasteiger partial charge in [-0.1, -0.05) is 30.2 Å². The first-order valence-corrected chi connectivity index (χ1v) is 10.3. The maximum absolute atomic E-state index is 13.5. The number of hydrogen-bond acceptors (Lipinski definition) is 4. The zero-order valence-electron chi connectivity index (χ0n) is 15.7. The van der Waals surface area contributed by atoms with Crippen molar-refractivity contribution in [2.75, 3.05) is 26.3 Å². The highest BCUT2D eigenvalue weighted by Gasteiger charge is 2.50. The number of fused-ring (bicyclic) bond motifs is 1. The van der Waals surface area contributed by atoms with Gasteiger partial charge in [0, 0.05) is 30.5 Å². The minimum atomic E-state index is -0.411. The van der Waals surface area contributed by atoms with E-state index in [2.05, 4.69) is 5.10 Å². The molecule has 2 aromatic rings. The highest BCUT2D eigenvalue weighted by molar-refractivity contribution is 6.30. The number of aromatic nitrogens is 2. The lowest BCUT2D eigenvalue weighted by Gasteiger charge is -2.43. The summed E-state index contributed by atoms with van der Waals surface area (Å²) in [6.07, 6.45) is 6.40. The summed E-state index contributed by atoms with van der Waals surface area (Å²) in [7, 11) is 0. The van der Waals surface area contributed by atoms with Crippen molar-refractivity contribution in [3.8, 4) is 0 Å². The molecule has 3 heterocycles. The van der Waals surface area contributed by atoms with Crippen LogP contribution in [0.5, 0.6) is 0 Å². The lowest BCUT2D eigenvalue weighted by Crippen LogP contribution is -2.50. The van der Waals surface area contributed by atoms with E-state index in [9.17, 15) is 4.79 Å². The van der Waals surface area contributed by atoms with E-state index >= 15 is 0 Å². The monoisotopic (exact) mass is 401 g/mol. The van der Waals surface area contributed by atoms with Crippen molar-refractivity contribution in [3.63, 3.8) is 0 Å². The van der Waals surface area contributed by atoms with Gasteiger partial charge in [-0.3, -0.25) is 9.48 Å². The zero-order chi connectivity index (χ0) is 19.1. The Morgan fingerprint density at radius 3 is 2.32 bits per heavy atom. The van der Waals surface area contributed by atoms with Crippen molar-refractivity contribution in [2.45, 2.75) is 42.9 Å². The lowest BCUT2D eigenvalue weighted by atomic mass is 9.63. The molecule has 0 N–H and O–H groups in total. The summed E-state index contributed by atoms with van der Waals surface area (Å²) in [5.41, 5.74) is 0.659. The molecule has 6 nitrogen and oxygen atoms in total. The van der Waals surface area contributed by atoms with E-state index in [0.29, 0.717) is 31.3 Å². The van der Waals surface area contributed by atoms with Gasteiger partial charge in [0.25, 0.3) is 0 Å². The second-order valence-electron chi connectivity index (χ2n) is 8.04. The number of amides is 1. The minimum absolute atomic E-state index is 0.0770. The molecule has 2 atom stereocenters. The van der Waals surface area contributed by atoms with Crippen LogP contribution >= 0.6 is 11.6 Å². The molecule has 1 aliphatic carbocycles. The molecule has 1 aromatic heterocycles. The number of hydrogen-bond donors (Lipinski definition) is 0. The Balaban J connectivity index is 1.28. The van der Waals surface area contributed by atoms with E-state index in [1.54, 1.807) is 6.20 Å². The molecule has 2 saturated heterocycles. The van der Waals surface area contributed by atoms with Crippen LogP contribution in [0.1, 0.15) is 30.9 Å². The minimum Gasteiger partial charge on any atom is -0.371 e. The van der Waals surface area contributed by atoms with Crippen molar-refractivity contribution in [1.82, 2.24) is 14.7 Å². The number of likely N-dealkylation sites (tertiary alicyclic amines) is 1. The summed E-state index contributed by atoms with van der Waals surface area (Å²) in [5.74, 6) is 0.199. The largest absolute Gasteiger partial charge is 0.371 e. The summed E-state index contributed by atoms with van der Waals surface area (Å²) >= 11 is 6.04. The van der Waals surface area contributed by atoms with Crippen LogP contribution in [0.2, 0.25) is 5.02 Å². The molecule has 2 aliphatic heterocycles. The summed E-state index contributed by atoms with van der Waals surface area (Å²) in [4.78, 5) is 15.4. The molecular weight excluding hydrogens is 378 g/mol. The smallest absolute Gasteiger partial charge is 0.233 e. The quantitative estimate of drug-likeness (QED) is 0.793. The average Bonchev–Trinajstić information content (AvgIpc) is 3.29. The summed E-state index contributed by atoms with van der Waals surface area (Å²) in [6, 6.07) is 9.72. The summed E-state index contributed by atoms with van der Waals surface area (Å²) < 4.78 is 14.1. The predicted molar refractivity (Wildman–Crippen MR) is 104 cm³/mol. The first-order valence-electron chi connectivity index (χ1n) is 9.93. The molecule has 3 fully saturated rings. The summed E-state index contributed by atoms with van der Waals surface area (Å²) in [5, 5.41) is 4.99. The summed E-state index contributed by atoms with van der Waals surface area (Å²) in [6.45, 7) is 2.27. The van der Waals surface area contributed by atoms with Gasteiger partial charge in [0.1, 0.15) is 12.2 Å². The molecule has 0 radical (unpaired) electrons. The topological polar surface area (TPSA) is 56.6 Å². The first-order chi connectivity index (χ1) is 13.7. The highest BCUT2D eigenvalue weighted by atomic mass is 35.5. The number of carbonyl (C=O) groups excluding carboxylic acids is 1. The predicted octanol–water partition coefficient (Wildman–Crippen LogP) is 2.83. The Morgan fingerprint density at radius 1 is 1.11 bits per heavy atom. The van der Waals surface area contributed by atoms with Crippen LogP contribution in [0.25, 0.3) is 0 Å². The van der Waals surface area contributed by atoms with Crippen molar-refractivity contribution in [2.24, 2.45) is 0 Å². The molecule has 0 unspecified atom stereocenters. The molecule has 1 amide bonds. The average molecular weight is 402 g/mol. The molecular formula is C21H24ClN3O3. The molecule has 0 bridgehead atoms. The van der Waals surface area contributed by atoms with Gasteiger partial charge in [0.05, 0.1) is 24.7 Å². The third kappa shape index (κ3) is 3.04. The highest BCUT2D eigenvalue weighted by Crippen LogP contribution is 2.46. The normalized spacial score (nSPS) is 27.1. The van der Waals surface area contributed by atoms with Crippen LogP contribution in [0, 0.1) is 0 Å². The van der Waals surface area contributed by atoms with Crippen LogP contribution in [-0.4, -0.2) is 59.1 Å². The molecule has 148 valence electrons. The van der Waals surface area contributed by atoms with Crippen LogP contribution in [0.4, 0.5) is 0 Å². The van der Waals surface area contributed by atoms with E-state index in [1.165, 1.54) is 0 Å². The second-order valence-corrected chi connectivity index (χ2v) is 8.47. The SMILES string of the molecule is O=C(N1C[C@@H]2OCC(n3cccn3)CO[C@H]2C1)C1(c2ccc(Cl)cc2)CCC1. The van der Waals surface area contributed by atoms with E-state index in [-0.39, 0.29) is 24.2 Å². The molecule has 1 saturated carbocycles. The van der Waals surface area contributed by atoms with Crippen LogP contribution < -0.4 is 0 Å². The van der Waals surface area contributed by atoms with Gasteiger partial charge in [-0.25, -0.2) is 0 Å². The number of halogens is 1. The Bertz CT molecular complexity index is 819. The van der Waals surface area contributed by atoms with Crippen LogP contribution in [-0.2, 0) is 19.7 Å². The number of rotatable bonds is 3. The zero-order valence-corrected chi connectivity index (χ0v) is 16.4. The van der Waals surface area contributed by atoms with Crippen LogP contribution in [0.3, 0.4) is 0 Å². The van der Waals surface area contributed by atoms with E-state index in [0.717, 1.165) is 24.8 Å². The van der Waals surface area contributed by atoms with Crippen LogP contribution in [0.15, 0.2) is 42.7 Å². The van der Waals surface area contributed by atoms with Crippen molar-refractivity contribution >= 4 is 17.5 Å². The van der Waals surface area contributed by atoms with E-state index in [1.807, 2.05) is 46.1 Å². The molecule has 5 rings (SSSR count). The third-order valence-corrected chi connectivity index (χ3v) is 6.67. The maximum Gasteiger partial charge on any atom is 0.233 e. The van der Waals surface area contributed by atoms with E-state index in [4.69, 9.17) is 21.1 Å². The number of nitrogens with zero attached hydrogens (tertiary/aromatic N) is 3. The Hall–Kier alpha value is -1.89. The Morgan fingerprint density at radius 2 is 1.79 bits per heavy atom. The Labute approximate surface area is 169 Å². The van der Waals surface area contributed by atoms with Gasteiger partial charge in [0.15, 0.2) is 0 Å². The molecule has 3 aliphatic rings. The van der Waals surface area contributed by atoms with Gasteiger partial charge in [-0.2, -0.15) is 5.10 Å². The number of carbonyl (C=O) groups is 1. The molecule has 28 heavy (non-hydrogen) atoms. The number of benzene rings is 1. The standard InChI is InChI=1S/C21H24ClN3O3/c22-16-5-3-15(4-6-16)21(7-1-8-21)20(26)24-11-18-19(12-24)28-14-17(13-27-18)25-10-2-9-23-25/h2-6,9-10,17-19H,1,7-8,11-14H2/t18-,19-/m0/s1. The molecule has 1 aromatic carbocycles. The van der Waals surface area contributed by atoms with Gasteiger partial charge in [-0.15, -0.1) is 0 Å². The third-order valence-electron chi connectivity index (χ3n) is 6.42. The van der Waals surface area contributed by atoms with Crippen molar-refractivity contribution < 1.29 is 14.3 Å². The fourth-order valence-electron chi connectivity index (χ4n) is 4.62. The Kier molecular flexibility index (Phi) is 4.65. The fourth-order valence-corrected chi connectivity index (χ4v) is 4.75. The number of ether oxygens (including phenoxy) is 2. The maximum atomic E-state index is 13.5. The molecule has 7 heteroatoms. The van der Waals surface area contributed by atoms with Gasteiger partial charge < -0.3 is 14.4 Å². The van der Waals surface area contributed by atoms with Gasteiger partial charge in [0.2, 0.25) is 5.91 Å². The molecule has 0 spiro atoms. The van der Waals surface area contributed by atoms with Gasteiger partial charge in [-0.05, 0) is 36.6 Å². The van der Waals surface area contributed by atoms with Crippen molar-refractivity contribution in [3.05, 3.63) is 53.3 Å². The first kappa shape index (κ1) is 18.2. The lowest BCUT2D eigenvalue weighted by molar-refractivity contribution is -0.140. The van der Waals surface area contributed by atoms with Gasteiger partial charge >= 0.3 is 0 Å². The van der Waals surface area contributed by atoms with E-state index < -0.39 is 5.41 Å². The second kappa shape index (κ2) is 7.17. The fraction of sp³-hybridized carbons (Fsp3) is 0.524. The van der Waals surface area contributed by atoms with Crippen molar-refractivity contribution in [1.29, 1.82) is 0 Å².